The smallest absolute Gasteiger partial charge is 0.338 e. The van der Waals surface area contributed by atoms with Crippen molar-refractivity contribution in [3.05, 3.63) is 89.8 Å². The quantitative estimate of drug-likeness (QED) is 0.348. The molecule has 9 nitrogen and oxygen atoms in total. The molecule has 0 saturated carbocycles. The summed E-state index contributed by atoms with van der Waals surface area (Å²) < 4.78 is 44.2. The Bertz CT molecular complexity index is 1430. The maximum absolute atomic E-state index is 12.8. The SMILES string of the molecule is COc1ccc(NS(=O)(=O)c2cccc(C(=O)OC(C)c3nnc(-c4ccc(C)cc4)o3)c2)cc1. The van der Waals surface area contributed by atoms with Crippen molar-refractivity contribution in [1.29, 1.82) is 0 Å². The summed E-state index contributed by atoms with van der Waals surface area (Å²) in [5.74, 6) is 0.299. The van der Waals surface area contributed by atoms with Gasteiger partial charge < -0.3 is 13.9 Å². The molecule has 1 N–H and O–H groups in total. The van der Waals surface area contributed by atoms with E-state index in [2.05, 4.69) is 14.9 Å². The van der Waals surface area contributed by atoms with Gasteiger partial charge in [-0.15, -0.1) is 10.2 Å². The van der Waals surface area contributed by atoms with Gasteiger partial charge in [-0.2, -0.15) is 0 Å². The molecular weight excluding hydrogens is 470 g/mol. The first kappa shape index (κ1) is 24.0. The molecular formula is C25H23N3O6S. The average molecular weight is 494 g/mol. The van der Waals surface area contributed by atoms with E-state index in [1.807, 2.05) is 31.2 Å². The van der Waals surface area contributed by atoms with Crippen LogP contribution in [0.3, 0.4) is 0 Å². The molecule has 0 bridgehead atoms. The molecule has 1 heterocycles. The summed E-state index contributed by atoms with van der Waals surface area (Å²) in [6, 6.07) is 19.5. The second kappa shape index (κ2) is 9.98. The standard InChI is InChI=1S/C25H23N3O6S/c1-16-7-9-18(10-8-16)24-27-26-23(34-24)17(2)33-25(29)19-5-4-6-22(15-19)35(30,31)28-20-11-13-21(32-3)14-12-20/h4-15,17,28H,1-3H3. The minimum absolute atomic E-state index is 0.0627. The number of aromatic nitrogens is 2. The van der Waals surface area contributed by atoms with Gasteiger partial charge in [-0.3, -0.25) is 4.72 Å². The van der Waals surface area contributed by atoms with Gasteiger partial charge in [0.15, 0.2) is 6.10 Å². The van der Waals surface area contributed by atoms with Crippen LogP contribution in [-0.4, -0.2) is 31.7 Å². The van der Waals surface area contributed by atoms with Crippen LogP contribution in [0.4, 0.5) is 5.69 Å². The third kappa shape index (κ3) is 5.67. The van der Waals surface area contributed by atoms with E-state index in [9.17, 15) is 13.2 Å². The first-order valence-corrected chi connectivity index (χ1v) is 12.1. The second-order valence-corrected chi connectivity index (χ2v) is 9.40. The van der Waals surface area contributed by atoms with Crippen LogP contribution < -0.4 is 9.46 Å². The number of sulfonamides is 1. The molecule has 35 heavy (non-hydrogen) atoms. The minimum atomic E-state index is -3.94. The van der Waals surface area contributed by atoms with E-state index in [0.29, 0.717) is 17.3 Å². The highest BCUT2D eigenvalue weighted by molar-refractivity contribution is 7.92. The fraction of sp³-hybridized carbons (Fsp3) is 0.160. The zero-order valence-electron chi connectivity index (χ0n) is 19.3. The highest BCUT2D eigenvalue weighted by Gasteiger charge is 2.22. The van der Waals surface area contributed by atoms with Gasteiger partial charge in [-0.05, 0) is 68.4 Å². The number of rotatable bonds is 8. The summed E-state index contributed by atoms with van der Waals surface area (Å²) in [6.45, 7) is 3.57. The summed E-state index contributed by atoms with van der Waals surface area (Å²) >= 11 is 0. The highest BCUT2D eigenvalue weighted by atomic mass is 32.2. The van der Waals surface area contributed by atoms with Crippen molar-refractivity contribution in [2.45, 2.75) is 24.8 Å². The number of ether oxygens (including phenoxy) is 2. The molecule has 4 rings (SSSR count). The predicted molar refractivity (Wildman–Crippen MR) is 129 cm³/mol. The van der Waals surface area contributed by atoms with Gasteiger partial charge in [0.05, 0.1) is 17.6 Å². The number of hydrogen-bond acceptors (Lipinski definition) is 8. The Morgan fingerprint density at radius 1 is 1.00 bits per heavy atom. The molecule has 3 aromatic carbocycles. The second-order valence-electron chi connectivity index (χ2n) is 7.72. The Balaban J connectivity index is 1.46. The zero-order chi connectivity index (χ0) is 25.0. The molecule has 0 fully saturated rings. The number of methoxy groups -OCH3 is 1. The molecule has 1 aromatic heterocycles. The minimum Gasteiger partial charge on any atom is -0.497 e. The predicted octanol–water partition coefficient (Wildman–Crippen LogP) is 4.77. The first-order chi connectivity index (χ1) is 16.7. The molecule has 180 valence electrons. The Kier molecular flexibility index (Phi) is 6.83. The van der Waals surface area contributed by atoms with Crippen LogP contribution in [0.2, 0.25) is 0 Å². The molecule has 0 amide bonds. The third-order valence-corrected chi connectivity index (χ3v) is 6.47. The lowest BCUT2D eigenvalue weighted by atomic mass is 10.1. The van der Waals surface area contributed by atoms with Crippen molar-refractivity contribution >= 4 is 21.7 Å². The molecule has 0 aliphatic rings. The summed E-state index contributed by atoms with van der Waals surface area (Å²) in [4.78, 5) is 12.6. The number of hydrogen-bond donors (Lipinski definition) is 1. The summed E-state index contributed by atoms with van der Waals surface area (Å²) in [7, 11) is -2.42. The lowest BCUT2D eigenvalue weighted by Gasteiger charge is -2.11. The number of carbonyl (C=O) groups excluding carboxylic acids is 1. The number of nitrogens with zero attached hydrogens (tertiary/aromatic N) is 2. The first-order valence-electron chi connectivity index (χ1n) is 10.6. The molecule has 0 aliphatic heterocycles. The maximum Gasteiger partial charge on any atom is 0.338 e. The van der Waals surface area contributed by atoms with E-state index >= 15 is 0 Å². The van der Waals surface area contributed by atoms with Gasteiger partial charge in [0, 0.05) is 11.3 Å². The van der Waals surface area contributed by atoms with Crippen LogP contribution >= 0.6 is 0 Å². The van der Waals surface area contributed by atoms with E-state index < -0.39 is 22.1 Å². The Morgan fingerprint density at radius 3 is 2.40 bits per heavy atom. The van der Waals surface area contributed by atoms with Crippen molar-refractivity contribution in [2.75, 3.05) is 11.8 Å². The summed E-state index contributed by atoms with van der Waals surface area (Å²) in [5.41, 5.74) is 2.26. The van der Waals surface area contributed by atoms with Gasteiger partial charge >= 0.3 is 5.97 Å². The number of benzene rings is 3. The number of anilines is 1. The lowest BCUT2D eigenvalue weighted by molar-refractivity contribution is 0.0279. The van der Waals surface area contributed by atoms with E-state index in [1.54, 1.807) is 31.2 Å². The van der Waals surface area contributed by atoms with Crippen molar-refractivity contribution in [3.8, 4) is 17.2 Å². The topological polar surface area (TPSA) is 121 Å². The van der Waals surface area contributed by atoms with Gasteiger partial charge in [0.2, 0.25) is 5.89 Å². The van der Waals surface area contributed by atoms with E-state index in [1.165, 1.54) is 31.4 Å². The number of aryl methyl sites for hydroxylation is 1. The van der Waals surface area contributed by atoms with Crippen LogP contribution in [0.25, 0.3) is 11.5 Å². The van der Waals surface area contributed by atoms with Crippen LogP contribution in [0.5, 0.6) is 5.75 Å². The zero-order valence-corrected chi connectivity index (χ0v) is 20.1. The third-order valence-electron chi connectivity index (χ3n) is 5.09. The largest absolute Gasteiger partial charge is 0.497 e. The fourth-order valence-corrected chi connectivity index (χ4v) is 4.26. The molecule has 0 aliphatic carbocycles. The van der Waals surface area contributed by atoms with Crippen molar-refractivity contribution in [3.63, 3.8) is 0 Å². The van der Waals surface area contributed by atoms with Crippen LogP contribution in [0.15, 0.2) is 82.1 Å². The van der Waals surface area contributed by atoms with Crippen molar-refractivity contribution in [2.24, 2.45) is 0 Å². The fourth-order valence-electron chi connectivity index (χ4n) is 3.15. The van der Waals surface area contributed by atoms with Gasteiger partial charge in [0.1, 0.15) is 5.75 Å². The molecule has 10 heteroatoms. The Morgan fingerprint density at radius 2 is 1.71 bits per heavy atom. The summed E-state index contributed by atoms with van der Waals surface area (Å²) in [6.07, 6.45) is -0.841. The van der Waals surface area contributed by atoms with E-state index in [-0.39, 0.29) is 16.3 Å². The van der Waals surface area contributed by atoms with Crippen LogP contribution in [-0.2, 0) is 14.8 Å². The number of nitrogens with one attached hydrogen (secondary N) is 1. The Hall–Kier alpha value is -4.18. The summed E-state index contributed by atoms with van der Waals surface area (Å²) in [5, 5.41) is 7.98. The van der Waals surface area contributed by atoms with Crippen molar-refractivity contribution < 1.29 is 27.1 Å². The average Bonchev–Trinajstić information content (AvgIpc) is 3.35. The number of carbonyl (C=O) groups is 1. The number of esters is 1. The van der Waals surface area contributed by atoms with Gasteiger partial charge in [-0.1, -0.05) is 23.8 Å². The molecule has 1 atom stereocenters. The highest BCUT2D eigenvalue weighted by Crippen LogP contribution is 2.24. The molecule has 4 aromatic rings. The molecule has 1 unspecified atom stereocenters. The van der Waals surface area contributed by atoms with E-state index in [4.69, 9.17) is 13.9 Å². The van der Waals surface area contributed by atoms with Crippen LogP contribution in [0, 0.1) is 6.92 Å². The molecule has 0 spiro atoms. The van der Waals surface area contributed by atoms with Crippen LogP contribution in [0.1, 0.15) is 34.8 Å². The normalized spacial score (nSPS) is 12.1. The monoisotopic (exact) mass is 493 g/mol. The lowest BCUT2D eigenvalue weighted by Crippen LogP contribution is -2.15. The maximum atomic E-state index is 12.8. The van der Waals surface area contributed by atoms with E-state index in [0.717, 1.165) is 11.1 Å². The van der Waals surface area contributed by atoms with Gasteiger partial charge in [-0.25, -0.2) is 13.2 Å². The van der Waals surface area contributed by atoms with Crippen molar-refractivity contribution in [1.82, 2.24) is 10.2 Å². The Labute approximate surface area is 202 Å². The van der Waals surface area contributed by atoms with Gasteiger partial charge in [0.25, 0.3) is 15.9 Å². The molecule has 0 radical (unpaired) electrons. The molecule has 0 saturated heterocycles.